The lowest BCUT2D eigenvalue weighted by Gasteiger charge is -2.05. The molecule has 0 N–H and O–H groups in total. The van der Waals surface area contributed by atoms with Crippen molar-refractivity contribution in [2.45, 2.75) is 38.5 Å². The third kappa shape index (κ3) is 7.45. The number of allylic oxidation sites excluding steroid dienone is 1. The van der Waals surface area contributed by atoms with Gasteiger partial charge in [0.05, 0.1) is 0 Å². The molecule has 19 heavy (non-hydrogen) atoms. The Hall–Kier alpha value is -1.57. The van der Waals surface area contributed by atoms with Gasteiger partial charge in [0.2, 0.25) is 5.91 Å². The van der Waals surface area contributed by atoms with E-state index in [1.54, 1.807) is 25.1 Å². The number of hydrogen-bond donors (Lipinski definition) is 0. The number of aryl methyl sites for hydroxylation is 1. The standard InChI is InChI=1S/C17H25NO/c1-18(2)17(19)15-11-6-4-3-5-8-12-16-13-9-7-10-14-16/h7,9-11,13-15H,3-6,8,12H2,1-2H3/b15-11+. The first-order chi connectivity index (χ1) is 9.20. The zero-order chi connectivity index (χ0) is 13.9. The van der Waals surface area contributed by atoms with E-state index in [0.717, 1.165) is 6.42 Å². The highest BCUT2D eigenvalue weighted by Gasteiger charge is 1.96. The van der Waals surface area contributed by atoms with Gasteiger partial charge in [0, 0.05) is 14.1 Å². The summed E-state index contributed by atoms with van der Waals surface area (Å²) >= 11 is 0. The SMILES string of the molecule is CN(C)C(=O)/C=C/CCCCCCc1ccccc1. The summed E-state index contributed by atoms with van der Waals surface area (Å²) < 4.78 is 0. The number of carbonyl (C=O) groups is 1. The summed E-state index contributed by atoms with van der Waals surface area (Å²) in [7, 11) is 3.55. The molecule has 0 bridgehead atoms. The van der Waals surface area contributed by atoms with Gasteiger partial charge in [-0.1, -0.05) is 49.2 Å². The molecule has 0 heterocycles. The summed E-state index contributed by atoms with van der Waals surface area (Å²) in [6, 6.07) is 10.6. The highest BCUT2D eigenvalue weighted by molar-refractivity contribution is 5.86. The number of carbonyl (C=O) groups excluding carboxylic acids is 1. The van der Waals surface area contributed by atoms with Crippen molar-refractivity contribution in [3.05, 3.63) is 48.0 Å². The van der Waals surface area contributed by atoms with E-state index >= 15 is 0 Å². The lowest BCUT2D eigenvalue weighted by atomic mass is 10.1. The molecule has 0 unspecified atom stereocenters. The molecule has 0 atom stereocenters. The number of likely N-dealkylation sites (N-methyl/N-ethyl adjacent to an activating group) is 1. The van der Waals surface area contributed by atoms with Crippen molar-refractivity contribution >= 4 is 5.91 Å². The number of amides is 1. The average Bonchev–Trinajstić information content (AvgIpc) is 2.42. The highest BCUT2D eigenvalue weighted by Crippen LogP contribution is 2.09. The second-order valence-corrected chi connectivity index (χ2v) is 5.07. The van der Waals surface area contributed by atoms with Gasteiger partial charge in [-0.3, -0.25) is 4.79 Å². The topological polar surface area (TPSA) is 20.3 Å². The second kappa shape index (κ2) is 9.37. The van der Waals surface area contributed by atoms with Gasteiger partial charge in [0.25, 0.3) is 0 Å². The van der Waals surface area contributed by atoms with E-state index < -0.39 is 0 Å². The number of benzene rings is 1. The van der Waals surface area contributed by atoms with Gasteiger partial charge < -0.3 is 4.90 Å². The van der Waals surface area contributed by atoms with Crippen LogP contribution in [0.4, 0.5) is 0 Å². The zero-order valence-corrected chi connectivity index (χ0v) is 12.1. The molecule has 0 aliphatic carbocycles. The van der Waals surface area contributed by atoms with Crippen LogP contribution in [0.3, 0.4) is 0 Å². The molecule has 104 valence electrons. The van der Waals surface area contributed by atoms with E-state index in [4.69, 9.17) is 0 Å². The number of hydrogen-bond acceptors (Lipinski definition) is 1. The maximum absolute atomic E-state index is 11.3. The molecule has 0 saturated carbocycles. The van der Waals surface area contributed by atoms with Crippen molar-refractivity contribution in [3.8, 4) is 0 Å². The molecule has 2 heteroatoms. The Morgan fingerprint density at radius 3 is 2.42 bits per heavy atom. The molecule has 1 aromatic carbocycles. The van der Waals surface area contributed by atoms with Crippen LogP contribution in [0, 0.1) is 0 Å². The molecule has 0 aromatic heterocycles. The maximum Gasteiger partial charge on any atom is 0.245 e. The number of nitrogens with zero attached hydrogens (tertiary/aromatic N) is 1. The Labute approximate surface area is 117 Å². The average molecular weight is 259 g/mol. The van der Waals surface area contributed by atoms with Gasteiger partial charge in [-0.15, -0.1) is 0 Å². The molecular formula is C17H25NO. The van der Waals surface area contributed by atoms with Gasteiger partial charge in [-0.05, 0) is 37.3 Å². The quantitative estimate of drug-likeness (QED) is 0.513. The van der Waals surface area contributed by atoms with E-state index in [-0.39, 0.29) is 5.91 Å². The van der Waals surface area contributed by atoms with Crippen molar-refractivity contribution in [3.63, 3.8) is 0 Å². The monoisotopic (exact) mass is 259 g/mol. The Balaban J connectivity index is 1.99. The van der Waals surface area contributed by atoms with Gasteiger partial charge in [-0.2, -0.15) is 0 Å². The molecule has 0 saturated heterocycles. The van der Waals surface area contributed by atoms with E-state index in [1.165, 1.54) is 37.7 Å². The number of unbranched alkanes of at least 4 members (excludes halogenated alkanes) is 4. The molecule has 2 nitrogen and oxygen atoms in total. The maximum atomic E-state index is 11.3. The minimum atomic E-state index is 0.0732. The van der Waals surface area contributed by atoms with Gasteiger partial charge in [0.15, 0.2) is 0 Å². The molecule has 1 aromatic rings. The van der Waals surface area contributed by atoms with Gasteiger partial charge >= 0.3 is 0 Å². The fourth-order valence-electron chi connectivity index (χ4n) is 1.92. The molecule has 0 aliphatic rings. The summed E-state index contributed by atoms with van der Waals surface area (Å²) in [5, 5.41) is 0. The smallest absolute Gasteiger partial charge is 0.245 e. The Morgan fingerprint density at radius 1 is 1.05 bits per heavy atom. The molecular weight excluding hydrogens is 234 g/mol. The summed E-state index contributed by atoms with van der Waals surface area (Å²) in [5.74, 6) is 0.0732. The fourth-order valence-corrected chi connectivity index (χ4v) is 1.92. The lowest BCUT2D eigenvalue weighted by Crippen LogP contribution is -2.18. The van der Waals surface area contributed by atoms with Crippen LogP contribution < -0.4 is 0 Å². The molecule has 1 amide bonds. The Kier molecular flexibility index (Phi) is 7.64. The Bertz CT molecular complexity index is 382. The largest absolute Gasteiger partial charge is 0.345 e. The molecule has 0 spiro atoms. The van der Waals surface area contributed by atoms with Crippen molar-refractivity contribution < 1.29 is 4.79 Å². The third-order valence-electron chi connectivity index (χ3n) is 3.13. The number of rotatable bonds is 8. The fraction of sp³-hybridized carbons (Fsp3) is 0.471. The summed E-state index contributed by atoms with van der Waals surface area (Å²) in [6.45, 7) is 0. The van der Waals surface area contributed by atoms with Crippen LogP contribution in [0.5, 0.6) is 0 Å². The first-order valence-corrected chi connectivity index (χ1v) is 7.12. The molecule has 0 fully saturated rings. The third-order valence-corrected chi connectivity index (χ3v) is 3.13. The minimum Gasteiger partial charge on any atom is -0.345 e. The predicted octanol–water partition coefficient (Wildman–Crippen LogP) is 3.82. The van der Waals surface area contributed by atoms with Crippen molar-refractivity contribution in [2.24, 2.45) is 0 Å². The van der Waals surface area contributed by atoms with Crippen LogP contribution >= 0.6 is 0 Å². The van der Waals surface area contributed by atoms with Crippen LogP contribution in [0.2, 0.25) is 0 Å². The lowest BCUT2D eigenvalue weighted by molar-refractivity contribution is -0.123. The second-order valence-electron chi connectivity index (χ2n) is 5.07. The highest BCUT2D eigenvalue weighted by atomic mass is 16.2. The van der Waals surface area contributed by atoms with E-state index in [1.807, 2.05) is 6.08 Å². The molecule has 0 aliphatic heterocycles. The van der Waals surface area contributed by atoms with Crippen LogP contribution in [0.1, 0.15) is 37.7 Å². The van der Waals surface area contributed by atoms with Crippen LogP contribution in [-0.2, 0) is 11.2 Å². The summed E-state index contributed by atoms with van der Waals surface area (Å²) in [4.78, 5) is 12.9. The van der Waals surface area contributed by atoms with Crippen LogP contribution in [0.15, 0.2) is 42.5 Å². The van der Waals surface area contributed by atoms with Crippen molar-refractivity contribution in [1.82, 2.24) is 4.90 Å². The first kappa shape index (κ1) is 15.5. The molecule has 0 radical (unpaired) electrons. The van der Waals surface area contributed by atoms with Crippen molar-refractivity contribution in [1.29, 1.82) is 0 Å². The minimum absolute atomic E-state index is 0.0732. The zero-order valence-electron chi connectivity index (χ0n) is 12.1. The normalized spacial score (nSPS) is 10.8. The van der Waals surface area contributed by atoms with E-state index in [2.05, 4.69) is 30.3 Å². The first-order valence-electron chi connectivity index (χ1n) is 7.12. The summed E-state index contributed by atoms with van der Waals surface area (Å²) in [5.41, 5.74) is 1.43. The van der Waals surface area contributed by atoms with E-state index in [9.17, 15) is 4.79 Å². The van der Waals surface area contributed by atoms with Gasteiger partial charge in [-0.25, -0.2) is 0 Å². The summed E-state index contributed by atoms with van der Waals surface area (Å²) in [6.07, 6.45) is 10.8. The van der Waals surface area contributed by atoms with Gasteiger partial charge in [0.1, 0.15) is 0 Å². The van der Waals surface area contributed by atoms with Crippen LogP contribution in [0.25, 0.3) is 0 Å². The van der Waals surface area contributed by atoms with Crippen molar-refractivity contribution in [2.75, 3.05) is 14.1 Å². The Morgan fingerprint density at radius 2 is 1.74 bits per heavy atom. The molecule has 1 rings (SSSR count). The van der Waals surface area contributed by atoms with Crippen LogP contribution in [-0.4, -0.2) is 24.9 Å². The predicted molar refractivity (Wildman–Crippen MR) is 81.1 cm³/mol. The van der Waals surface area contributed by atoms with E-state index in [0.29, 0.717) is 0 Å².